The standard InChI is InChI=1S/C36H26N2O3/c39-30(38(24-12-2-1-3-13-24)25-19-18-22-10-4-5-11-23(22)20-25)21-37-35(40)33-31-26-14-6-7-15-27(26)32(34(33)36(37)41)29-17-9-8-16-28(29)31/h1-20,31-34H,21H2/t31?,32?,33-,34+. The SMILES string of the molecule is O=C1[C@@H]2C3c4ccccc4C(c4ccccc43)[C@@H]2C(=O)N1CC(=O)N(c1ccccc1)c1ccc2ccccc2c1. The lowest BCUT2D eigenvalue weighted by atomic mass is 9.55. The van der Waals surface area contributed by atoms with Gasteiger partial charge in [0.2, 0.25) is 11.8 Å². The average Bonchev–Trinajstić information content (AvgIpc) is 3.27. The average molecular weight is 535 g/mol. The van der Waals surface area contributed by atoms with Gasteiger partial charge in [-0.25, -0.2) is 0 Å². The summed E-state index contributed by atoms with van der Waals surface area (Å²) in [7, 11) is 0. The molecule has 0 radical (unpaired) electrons. The van der Waals surface area contributed by atoms with E-state index in [4.69, 9.17) is 0 Å². The number of benzene rings is 5. The fourth-order valence-corrected chi connectivity index (χ4v) is 7.43. The minimum atomic E-state index is -0.504. The molecule has 1 aliphatic heterocycles. The maximum atomic E-state index is 14.1. The zero-order chi connectivity index (χ0) is 27.7. The summed E-state index contributed by atoms with van der Waals surface area (Å²) in [6, 6.07) is 39.6. The van der Waals surface area contributed by atoms with E-state index in [0.717, 1.165) is 33.0 Å². The number of para-hydroxylation sites is 1. The van der Waals surface area contributed by atoms with Crippen LogP contribution in [-0.2, 0) is 14.4 Å². The fourth-order valence-electron chi connectivity index (χ4n) is 7.43. The van der Waals surface area contributed by atoms with Crippen molar-refractivity contribution in [2.45, 2.75) is 11.8 Å². The van der Waals surface area contributed by atoms with E-state index in [1.807, 2.05) is 97.1 Å². The van der Waals surface area contributed by atoms with Crippen LogP contribution < -0.4 is 4.90 Å². The van der Waals surface area contributed by atoms with Gasteiger partial charge in [0.15, 0.2) is 0 Å². The highest BCUT2D eigenvalue weighted by atomic mass is 16.2. The minimum Gasteiger partial charge on any atom is -0.280 e. The number of carbonyl (C=O) groups excluding carboxylic acids is 3. The van der Waals surface area contributed by atoms with E-state index >= 15 is 0 Å². The number of amides is 3. The van der Waals surface area contributed by atoms with Crippen molar-refractivity contribution in [1.29, 1.82) is 0 Å². The van der Waals surface area contributed by atoms with E-state index in [0.29, 0.717) is 11.4 Å². The van der Waals surface area contributed by atoms with Gasteiger partial charge < -0.3 is 0 Å². The second-order valence-electron chi connectivity index (χ2n) is 11.1. The molecule has 9 rings (SSSR count). The first-order chi connectivity index (χ1) is 20.1. The van der Waals surface area contributed by atoms with Crippen molar-refractivity contribution in [2.75, 3.05) is 11.4 Å². The van der Waals surface area contributed by atoms with Crippen LogP contribution in [0.5, 0.6) is 0 Å². The highest BCUT2D eigenvalue weighted by Gasteiger charge is 2.61. The normalized spacial score (nSPS) is 21.9. The number of hydrogen-bond donors (Lipinski definition) is 0. The first kappa shape index (κ1) is 23.8. The molecular formula is C36H26N2O3. The summed E-state index contributed by atoms with van der Waals surface area (Å²) in [5.41, 5.74) is 5.85. The lowest BCUT2D eigenvalue weighted by Gasteiger charge is -2.45. The van der Waals surface area contributed by atoms with Crippen LogP contribution in [0, 0.1) is 11.8 Å². The summed E-state index contributed by atoms with van der Waals surface area (Å²) >= 11 is 0. The largest absolute Gasteiger partial charge is 0.280 e. The molecule has 4 aliphatic rings. The van der Waals surface area contributed by atoms with E-state index in [9.17, 15) is 14.4 Å². The van der Waals surface area contributed by atoms with Crippen LogP contribution in [0.4, 0.5) is 11.4 Å². The first-order valence-corrected chi connectivity index (χ1v) is 14.0. The van der Waals surface area contributed by atoms with E-state index < -0.39 is 11.8 Å². The Bertz CT molecular complexity index is 1770. The molecule has 3 aliphatic carbocycles. The maximum absolute atomic E-state index is 14.1. The molecule has 5 heteroatoms. The number of nitrogens with zero attached hydrogens (tertiary/aromatic N) is 2. The van der Waals surface area contributed by atoms with Gasteiger partial charge in [-0.2, -0.15) is 0 Å². The third kappa shape index (κ3) is 3.45. The van der Waals surface area contributed by atoms with E-state index in [1.165, 1.54) is 4.90 Å². The Morgan fingerprint density at radius 1 is 0.561 bits per heavy atom. The molecule has 1 fully saturated rings. The van der Waals surface area contributed by atoms with Crippen molar-refractivity contribution in [3.63, 3.8) is 0 Å². The molecule has 0 saturated carbocycles. The Hall–Kier alpha value is -5.03. The maximum Gasteiger partial charge on any atom is 0.251 e. The second kappa shape index (κ2) is 9.00. The van der Waals surface area contributed by atoms with Gasteiger partial charge >= 0.3 is 0 Å². The van der Waals surface area contributed by atoms with Crippen LogP contribution >= 0.6 is 0 Å². The van der Waals surface area contributed by atoms with Crippen molar-refractivity contribution < 1.29 is 14.4 Å². The molecule has 5 aromatic rings. The molecule has 2 atom stereocenters. The van der Waals surface area contributed by atoms with Gasteiger partial charge in [0.25, 0.3) is 5.91 Å². The molecule has 41 heavy (non-hydrogen) atoms. The summed E-state index contributed by atoms with van der Waals surface area (Å²) in [6.45, 7) is -0.307. The van der Waals surface area contributed by atoms with Gasteiger partial charge in [0, 0.05) is 23.2 Å². The number of likely N-dealkylation sites (tertiary alicyclic amines) is 1. The third-order valence-corrected chi connectivity index (χ3v) is 9.09. The molecular weight excluding hydrogens is 508 g/mol. The molecule has 198 valence electrons. The van der Waals surface area contributed by atoms with Crippen molar-refractivity contribution in [3.8, 4) is 0 Å². The molecule has 1 heterocycles. The minimum absolute atomic E-state index is 0.195. The number of anilines is 2. The highest BCUT2D eigenvalue weighted by Crippen LogP contribution is 2.60. The van der Waals surface area contributed by atoms with Gasteiger partial charge in [-0.3, -0.25) is 24.2 Å². The zero-order valence-corrected chi connectivity index (χ0v) is 22.2. The van der Waals surface area contributed by atoms with Crippen molar-refractivity contribution in [3.05, 3.63) is 144 Å². The molecule has 3 amide bonds. The van der Waals surface area contributed by atoms with Crippen LogP contribution in [0.2, 0.25) is 0 Å². The molecule has 5 aromatic carbocycles. The van der Waals surface area contributed by atoms with Crippen molar-refractivity contribution >= 4 is 39.9 Å². The van der Waals surface area contributed by atoms with Gasteiger partial charge in [-0.1, -0.05) is 97.1 Å². The molecule has 2 bridgehead atoms. The first-order valence-electron chi connectivity index (χ1n) is 14.0. The van der Waals surface area contributed by atoms with Gasteiger partial charge in [0.05, 0.1) is 11.8 Å². The van der Waals surface area contributed by atoms with Crippen LogP contribution in [0.3, 0.4) is 0 Å². The Morgan fingerprint density at radius 2 is 1.05 bits per heavy atom. The number of rotatable bonds is 4. The van der Waals surface area contributed by atoms with Crippen molar-refractivity contribution in [1.82, 2.24) is 4.90 Å². The van der Waals surface area contributed by atoms with E-state index in [1.54, 1.807) is 4.90 Å². The Morgan fingerprint density at radius 3 is 1.61 bits per heavy atom. The summed E-state index contributed by atoms with van der Waals surface area (Å²) in [4.78, 5) is 45.2. The molecule has 0 aromatic heterocycles. The van der Waals surface area contributed by atoms with Crippen LogP contribution in [0.15, 0.2) is 121 Å². The Kier molecular flexibility index (Phi) is 5.23. The molecule has 0 unspecified atom stereocenters. The Balaban J connectivity index is 1.18. The highest BCUT2D eigenvalue weighted by molar-refractivity contribution is 6.12. The van der Waals surface area contributed by atoms with E-state index in [2.05, 4.69) is 24.3 Å². The zero-order valence-electron chi connectivity index (χ0n) is 22.2. The molecule has 0 spiro atoms. The monoisotopic (exact) mass is 534 g/mol. The summed E-state index contributed by atoms with van der Waals surface area (Å²) < 4.78 is 0. The number of hydrogen-bond acceptors (Lipinski definition) is 3. The summed E-state index contributed by atoms with van der Waals surface area (Å²) in [5.74, 6) is -2.22. The van der Waals surface area contributed by atoms with Crippen molar-refractivity contribution in [2.24, 2.45) is 11.8 Å². The van der Waals surface area contributed by atoms with Gasteiger partial charge in [0.1, 0.15) is 6.54 Å². The second-order valence-corrected chi connectivity index (χ2v) is 11.1. The van der Waals surface area contributed by atoms with Gasteiger partial charge in [-0.15, -0.1) is 0 Å². The molecule has 5 nitrogen and oxygen atoms in total. The predicted molar refractivity (Wildman–Crippen MR) is 158 cm³/mol. The third-order valence-electron chi connectivity index (χ3n) is 9.09. The fraction of sp³-hybridized carbons (Fsp3) is 0.139. The number of carbonyl (C=O) groups is 3. The Labute approximate surface area is 237 Å². The number of imide groups is 1. The number of fused-ring (bicyclic) bond motifs is 1. The lowest BCUT2D eigenvalue weighted by Crippen LogP contribution is -2.41. The summed E-state index contributed by atoms with van der Waals surface area (Å²) in [6.07, 6.45) is 0. The predicted octanol–water partition coefficient (Wildman–Crippen LogP) is 6.40. The quantitative estimate of drug-likeness (QED) is 0.251. The van der Waals surface area contributed by atoms with Gasteiger partial charge in [-0.05, 0) is 57.3 Å². The summed E-state index contributed by atoms with van der Waals surface area (Å²) in [5, 5.41) is 2.07. The van der Waals surface area contributed by atoms with Crippen LogP contribution in [0.25, 0.3) is 10.8 Å². The molecule has 0 N–H and O–H groups in total. The van der Waals surface area contributed by atoms with Crippen LogP contribution in [-0.4, -0.2) is 29.2 Å². The smallest absolute Gasteiger partial charge is 0.251 e. The lowest BCUT2D eigenvalue weighted by molar-refractivity contribution is -0.143. The molecule has 1 saturated heterocycles. The van der Waals surface area contributed by atoms with Crippen LogP contribution in [0.1, 0.15) is 34.1 Å². The van der Waals surface area contributed by atoms with E-state index in [-0.39, 0.29) is 36.1 Å². The topological polar surface area (TPSA) is 57.7 Å².